The van der Waals surface area contributed by atoms with E-state index in [0.29, 0.717) is 10.8 Å². The third-order valence-electron chi connectivity index (χ3n) is 4.62. The van der Waals surface area contributed by atoms with Gasteiger partial charge in [-0.2, -0.15) is 0 Å². The van der Waals surface area contributed by atoms with Crippen molar-refractivity contribution < 1.29 is 0 Å². The van der Waals surface area contributed by atoms with Crippen LogP contribution in [0, 0.1) is 16.7 Å². The quantitative estimate of drug-likeness (QED) is 0.581. The van der Waals surface area contributed by atoms with Crippen molar-refractivity contribution in [1.82, 2.24) is 0 Å². The molecule has 90 valence electrons. The molecule has 0 unspecified atom stereocenters. The van der Waals surface area contributed by atoms with E-state index in [-0.39, 0.29) is 0 Å². The molecule has 0 spiro atoms. The molecule has 1 fully saturated rings. The van der Waals surface area contributed by atoms with Gasteiger partial charge in [0.15, 0.2) is 0 Å². The van der Waals surface area contributed by atoms with Crippen molar-refractivity contribution in [1.29, 1.82) is 0 Å². The molecule has 0 amide bonds. The molecule has 0 atom stereocenters. The second kappa shape index (κ2) is 4.89. The standard InChI is InChI=1S/C15H30/c1-6-7-10-15(4,5)13-8-11-14(2,3)12-9-13/h13H,6-12H2,1-5H3. The largest absolute Gasteiger partial charge is 0.0654 e. The van der Waals surface area contributed by atoms with Crippen LogP contribution < -0.4 is 0 Å². The number of hydrogen-bond acceptors (Lipinski definition) is 0. The second-order valence-corrected chi connectivity index (χ2v) is 7.03. The van der Waals surface area contributed by atoms with E-state index in [0.717, 1.165) is 5.92 Å². The maximum Gasteiger partial charge on any atom is -0.0326 e. The molecule has 0 aromatic carbocycles. The van der Waals surface area contributed by atoms with Crippen LogP contribution in [0.1, 0.15) is 79.6 Å². The molecule has 0 heterocycles. The highest BCUT2D eigenvalue weighted by atomic mass is 14.4. The van der Waals surface area contributed by atoms with Crippen molar-refractivity contribution in [3.63, 3.8) is 0 Å². The Kier molecular flexibility index (Phi) is 4.26. The van der Waals surface area contributed by atoms with E-state index in [1.54, 1.807) is 0 Å². The third-order valence-corrected chi connectivity index (χ3v) is 4.62. The van der Waals surface area contributed by atoms with Gasteiger partial charge in [-0.3, -0.25) is 0 Å². The molecular weight excluding hydrogens is 180 g/mol. The zero-order valence-electron chi connectivity index (χ0n) is 11.5. The maximum absolute atomic E-state index is 2.49. The molecule has 0 N–H and O–H groups in total. The Morgan fingerprint density at radius 3 is 2.13 bits per heavy atom. The lowest BCUT2D eigenvalue weighted by molar-refractivity contribution is 0.0901. The van der Waals surface area contributed by atoms with Gasteiger partial charge in [0.2, 0.25) is 0 Å². The van der Waals surface area contributed by atoms with Crippen molar-refractivity contribution in [2.45, 2.75) is 79.6 Å². The van der Waals surface area contributed by atoms with Crippen molar-refractivity contribution in [3.05, 3.63) is 0 Å². The van der Waals surface area contributed by atoms with Crippen LogP contribution >= 0.6 is 0 Å². The molecule has 1 rings (SSSR count). The summed E-state index contributed by atoms with van der Waals surface area (Å²) in [4.78, 5) is 0. The van der Waals surface area contributed by atoms with Crippen LogP contribution in [0.5, 0.6) is 0 Å². The molecule has 0 bridgehead atoms. The van der Waals surface area contributed by atoms with Crippen molar-refractivity contribution in [3.8, 4) is 0 Å². The number of rotatable bonds is 4. The topological polar surface area (TPSA) is 0 Å². The second-order valence-electron chi connectivity index (χ2n) is 7.03. The highest BCUT2D eigenvalue weighted by Gasteiger charge is 2.34. The lowest BCUT2D eigenvalue weighted by atomic mass is 9.63. The van der Waals surface area contributed by atoms with Gasteiger partial charge in [0, 0.05) is 0 Å². The first-order valence-electron chi connectivity index (χ1n) is 6.87. The van der Waals surface area contributed by atoms with Crippen molar-refractivity contribution in [2.24, 2.45) is 16.7 Å². The zero-order chi connectivity index (χ0) is 11.5. The van der Waals surface area contributed by atoms with Crippen molar-refractivity contribution >= 4 is 0 Å². The maximum atomic E-state index is 2.49. The molecule has 0 radical (unpaired) electrons. The molecule has 1 saturated carbocycles. The average Bonchev–Trinajstić information content (AvgIpc) is 2.14. The van der Waals surface area contributed by atoms with Crippen LogP contribution in [0.25, 0.3) is 0 Å². The minimum atomic E-state index is 0.590. The molecule has 15 heavy (non-hydrogen) atoms. The van der Waals surface area contributed by atoms with Crippen LogP contribution in [-0.2, 0) is 0 Å². The van der Waals surface area contributed by atoms with Crippen LogP contribution in [0.4, 0.5) is 0 Å². The van der Waals surface area contributed by atoms with E-state index in [4.69, 9.17) is 0 Å². The van der Waals surface area contributed by atoms with E-state index >= 15 is 0 Å². The van der Waals surface area contributed by atoms with Crippen molar-refractivity contribution in [2.75, 3.05) is 0 Å². The molecule has 0 aromatic rings. The minimum Gasteiger partial charge on any atom is -0.0654 e. The zero-order valence-corrected chi connectivity index (χ0v) is 11.5. The summed E-state index contributed by atoms with van der Waals surface area (Å²) in [6.45, 7) is 12.2. The van der Waals surface area contributed by atoms with Gasteiger partial charge in [0.25, 0.3) is 0 Å². The Bertz CT molecular complexity index is 178. The molecule has 0 saturated heterocycles. The summed E-state index contributed by atoms with van der Waals surface area (Å²) < 4.78 is 0. The Morgan fingerprint density at radius 2 is 1.67 bits per heavy atom. The molecule has 0 heteroatoms. The van der Waals surface area contributed by atoms with Gasteiger partial charge in [0.05, 0.1) is 0 Å². The Balaban J connectivity index is 2.44. The summed E-state index contributed by atoms with van der Waals surface area (Å²) in [5.41, 5.74) is 1.21. The molecule has 1 aliphatic carbocycles. The van der Waals surface area contributed by atoms with Gasteiger partial charge in [-0.05, 0) is 48.9 Å². The first kappa shape index (κ1) is 13.1. The highest BCUT2D eigenvalue weighted by Crippen LogP contribution is 2.46. The van der Waals surface area contributed by atoms with E-state index in [2.05, 4.69) is 34.6 Å². The fourth-order valence-corrected chi connectivity index (χ4v) is 3.02. The highest BCUT2D eigenvalue weighted by molar-refractivity contribution is 4.86. The summed E-state index contributed by atoms with van der Waals surface area (Å²) in [7, 11) is 0. The summed E-state index contributed by atoms with van der Waals surface area (Å²) in [5.74, 6) is 0.983. The molecule has 0 nitrogen and oxygen atoms in total. The fourth-order valence-electron chi connectivity index (χ4n) is 3.02. The Labute approximate surface area is 96.8 Å². The SMILES string of the molecule is CCCCC(C)(C)C1CCC(C)(C)CC1. The van der Waals surface area contributed by atoms with Gasteiger partial charge in [-0.25, -0.2) is 0 Å². The molecule has 0 aliphatic heterocycles. The predicted octanol–water partition coefficient (Wildman–Crippen LogP) is 5.42. The third kappa shape index (κ3) is 3.81. The average molecular weight is 210 g/mol. The molecular formula is C15H30. The van der Waals surface area contributed by atoms with E-state index in [1.165, 1.54) is 44.9 Å². The minimum absolute atomic E-state index is 0.590. The van der Waals surface area contributed by atoms with Gasteiger partial charge < -0.3 is 0 Å². The Morgan fingerprint density at radius 1 is 1.13 bits per heavy atom. The van der Waals surface area contributed by atoms with Gasteiger partial charge in [-0.15, -0.1) is 0 Å². The van der Waals surface area contributed by atoms with E-state index in [1.807, 2.05) is 0 Å². The predicted molar refractivity (Wildman–Crippen MR) is 69.0 cm³/mol. The van der Waals surface area contributed by atoms with Gasteiger partial charge in [0.1, 0.15) is 0 Å². The first-order valence-corrected chi connectivity index (χ1v) is 6.87. The Hall–Kier alpha value is 0. The van der Waals surface area contributed by atoms with Gasteiger partial charge >= 0.3 is 0 Å². The summed E-state index contributed by atoms with van der Waals surface area (Å²) in [5, 5.41) is 0. The summed E-state index contributed by atoms with van der Waals surface area (Å²) >= 11 is 0. The normalized spacial score (nSPS) is 23.0. The molecule has 1 aliphatic rings. The lowest BCUT2D eigenvalue weighted by Crippen LogP contribution is -2.31. The summed E-state index contributed by atoms with van der Waals surface area (Å²) in [6.07, 6.45) is 9.98. The number of hydrogen-bond donors (Lipinski definition) is 0. The summed E-state index contributed by atoms with van der Waals surface area (Å²) in [6, 6.07) is 0. The van der Waals surface area contributed by atoms with Gasteiger partial charge in [-0.1, -0.05) is 47.5 Å². The lowest BCUT2D eigenvalue weighted by Gasteiger charge is -2.42. The smallest absolute Gasteiger partial charge is 0.0326 e. The molecule has 0 aromatic heterocycles. The first-order chi connectivity index (χ1) is 6.87. The monoisotopic (exact) mass is 210 g/mol. The van der Waals surface area contributed by atoms with Crippen LogP contribution in [0.2, 0.25) is 0 Å². The van der Waals surface area contributed by atoms with E-state index in [9.17, 15) is 0 Å². The number of unbranched alkanes of at least 4 members (excludes halogenated alkanes) is 1. The fraction of sp³-hybridized carbons (Fsp3) is 1.00. The van der Waals surface area contributed by atoms with E-state index < -0.39 is 0 Å². The van der Waals surface area contributed by atoms with Crippen LogP contribution in [-0.4, -0.2) is 0 Å². The van der Waals surface area contributed by atoms with Crippen LogP contribution in [0.3, 0.4) is 0 Å². The van der Waals surface area contributed by atoms with Crippen LogP contribution in [0.15, 0.2) is 0 Å².